The summed E-state index contributed by atoms with van der Waals surface area (Å²) in [6.45, 7) is 6.15. The van der Waals surface area contributed by atoms with Crippen LogP contribution in [-0.2, 0) is 6.54 Å². The summed E-state index contributed by atoms with van der Waals surface area (Å²) in [7, 11) is 1.65. The van der Waals surface area contributed by atoms with Gasteiger partial charge in [-0.25, -0.2) is 0 Å². The maximum absolute atomic E-state index is 13.4. The first kappa shape index (κ1) is 22.2. The van der Waals surface area contributed by atoms with E-state index in [9.17, 15) is 4.79 Å². The van der Waals surface area contributed by atoms with Crippen molar-refractivity contribution in [2.24, 2.45) is 0 Å². The van der Waals surface area contributed by atoms with Crippen molar-refractivity contribution in [1.82, 2.24) is 25.0 Å². The number of nitrogens with zero attached hydrogens (tertiary/aromatic N) is 3. The van der Waals surface area contributed by atoms with Crippen molar-refractivity contribution >= 4 is 16.8 Å². The molecular weight excluding hydrogens is 426 g/mol. The van der Waals surface area contributed by atoms with Gasteiger partial charge < -0.3 is 19.5 Å². The van der Waals surface area contributed by atoms with Crippen LogP contribution in [0.3, 0.4) is 0 Å². The lowest BCUT2D eigenvalue weighted by atomic mass is 10.0. The molecule has 0 saturated carbocycles. The molecule has 0 aliphatic carbocycles. The van der Waals surface area contributed by atoms with Crippen LogP contribution in [0.4, 0.5) is 0 Å². The van der Waals surface area contributed by atoms with Crippen molar-refractivity contribution < 1.29 is 9.53 Å². The van der Waals surface area contributed by atoms with Crippen LogP contribution in [0.15, 0.2) is 61.1 Å². The maximum Gasteiger partial charge on any atom is 0.253 e. The summed E-state index contributed by atoms with van der Waals surface area (Å²) >= 11 is 0. The highest BCUT2D eigenvalue weighted by Crippen LogP contribution is 2.28. The number of likely N-dealkylation sites (tertiary alicyclic amines) is 1. The molecular formula is C27H31N5O2. The van der Waals surface area contributed by atoms with Gasteiger partial charge in [-0.15, -0.1) is 0 Å². The van der Waals surface area contributed by atoms with E-state index < -0.39 is 0 Å². The van der Waals surface area contributed by atoms with Gasteiger partial charge in [0, 0.05) is 41.9 Å². The Morgan fingerprint density at radius 1 is 1.15 bits per heavy atom. The number of methoxy groups -OCH3 is 1. The molecule has 5 rings (SSSR count). The first-order chi connectivity index (χ1) is 16.6. The normalized spacial score (nSPS) is 15.0. The highest BCUT2D eigenvalue weighted by molar-refractivity contribution is 6.07. The fourth-order valence-corrected chi connectivity index (χ4v) is 4.77. The minimum absolute atomic E-state index is 0.0729. The molecule has 4 aromatic rings. The summed E-state index contributed by atoms with van der Waals surface area (Å²) in [5.41, 5.74) is 4.89. The molecule has 1 fully saturated rings. The third kappa shape index (κ3) is 4.56. The Bertz CT molecular complexity index is 1270. The highest BCUT2D eigenvalue weighted by Gasteiger charge is 2.19. The third-order valence-electron chi connectivity index (χ3n) is 6.76. The third-order valence-corrected chi connectivity index (χ3v) is 6.76. The molecule has 2 aromatic heterocycles. The fraction of sp³-hybridized carbons (Fsp3) is 0.333. The Morgan fingerprint density at radius 3 is 2.76 bits per heavy atom. The lowest BCUT2D eigenvalue weighted by Crippen LogP contribution is -2.26. The van der Waals surface area contributed by atoms with E-state index >= 15 is 0 Å². The fourth-order valence-electron chi connectivity index (χ4n) is 4.77. The van der Waals surface area contributed by atoms with Crippen molar-refractivity contribution in [3.8, 4) is 16.9 Å². The summed E-state index contributed by atoms with van der Waals surface area (Å²) in [6, 6.07) is 13.9. The van der Waals surface area contributed by atoms with E-state index in [1.807, 2.05) is 49.8 Å². The number of fused-ring (bicyclic) bond motifs is 1. The van der Waals surface area contributed by atoms with Gasteiger partial charge in [0.25, 0.3) is 5.91 Å². The van der Waals surface area contributed by atoms with Gasteiger partial charge in [-0.2, -0.15) is 5.10 Å². The van der Waals surface area contributed by atoms with Crippen molar-refractivity contribution in [3.05, 3.63) is 72.2 Å². The molecule has 2 N–H and O–H groups in total. The monoisotopic (exact) mass is 457 g/mol. The molecule has 7 nitrogen and oxygen atoms in total. The number of ether oxygens (including phenoxy) is 1. The molecule has 0 bridgehead atoms. The van der Waals surface area contributed by atoms with Crippen LogP contribution >= 0.6 is 0 Å². The predicted molar refractivity (Wildman–Crippen MR) is 134 cm³/mol. The molecule has 0 unspecified atom stereocenters. The average molecular weight is 458 g/mol. The Balaban J connectivity index is 1.44. The van der Waals surface area contributed by atoms with Gasteiger partial charge in [-0.1, -0.05) is 24.3 Å². The molecule has 176 valence electrons. The number of H-pyrrole nitrogens is 1. The van der Waals surface area contributed by atoms with Gasteiger partial charge in [-0.3, -0.25) is 9.89 Å². The molecule has 1 aliphatic rings. The van der Waals surface area contributed by atoms with E-state index in [1.165, 1.54) is 12.8 Å². The van der Waals surface area contributed by atoms with Gasteiger partial charge in [0.15, 0.2) is 0 Å². The highest BCUT2D eigenvalue weighted by atomic mass is 16.5. The predicted octanol–water partition coefficient (Wildman–Crippen LogP) is 4.63. The van der Waals surface area contributed by atoms with Gasteiger partial charge in [-0.05, 0) is 62.2 Å². The van der Waals surface area contributed by atoms with Crippen LogP contribution in [0.5, 0.6) is 5.75 Å². The van der Waals surface area contributed by atoms with Crippen molar-refractivity contribution in [1.29, 1.82) is 0 Å². The summed E-state index contributed by atoms with van der Waals surface area (Å²) < 4.78 is 7.56. The van der Waals surface area contributed by atoms with Gasteiger partial charge in [0.2, 0.25) is 0 Å². The van der Waals surface area contributed by atoms with Crippen molar-refractivity contribution in [3.63, 3.8) is 0 Å². The summed E-state index contributed by atoms with van der Waals surface area (Å²) in [6.07, 6.45) is 8.26. The van der Waals surface area contributed by atoms with E-state index in [1.54, 1.807) is 7.11 Å². The number of aromatic amines is 1. The summed E-state index contributed by atoms with van der Waals surface area (Å²) in [5, 5.41) is 11.1. The second-order valence-corrected chi connectivity index (χ2v) is 8.98. The molecule has 3 heterocycles. The molecule has 1 amide bonds. The van der Waals surface area contributed by atoms with Crippen LogP contribution in [0.2, 0.25) is 0 Å². The Morgan fingerprint density at radius 2 is 2.00 bits per heavy atom. The quantitative estimate of drug-likeness (QED) is 0.405. The topological polar surface area (TPSA) is 75.2 Å². The molecule has 1 atom stereocenters. The number of carbonyl (C=O) groups excluding carboxylic acids is 1. The molecule has 7 heteroatoms. The number of carbonyl (C=O) groups is 1. The number of nitrogens with one attached hydrogen (secondary N) is 2. The van der Waals surface area contributed by atoms with E-state index in [0.29, 0.717) is 5.56 Å². The van der Waals surface area contributed by atoms with Crippen LogP contribution < -0.4 is 10.1 Å². The van der Waals surface area contributed by atoms with Gasteiger partial charge >= 0.3 is 0 Å². The van der Waals surface area contributed by atoms with E-state index in [-0.39, 0.29) is 11.9 Å². The van der Waals surface area contributed by atoms with Crippen molar-refractivity contribution in [2.45, 2.75) is 32.4 Å². The van der Waals surface area contributed by atoms with Gasteiger partial charge in [0.05, 0.1) is 24.9 Å². The Kier molecular flexibility index (Phi) is 6.36. The van der Waals surface area contributed by atoms with Crippen LogP contribution in [-0.4, -0.2) is 52.3 Å². The first-order valence-electron chi connectivity index (χ1n) is 11.9. The molecule has 1 aliphatic heterocycles. The number of hydrogen-bond acceptors (Lipinski definition) is 4. The molecule has 0 radical (unpaired) electrons. The van der Waals surface area contributed by atoms with E-state index in [0.717, 1.165) is 59.5 Å². The number of rotatable bonds is 8. The SMILES string of the molecule is COc1cccc([C@H](C)NC(=O)c2cn(CCN3CCCC3)c3cc(-c4cn[nH]c4)ccc23)c1. The maximum atomic E-state index is 13.4. The molecule has 1 saturated heterocycles. The Labute approximate surface area is 199 Å². The zero-order valence-electron chi connectivity index (χ0n) is 19.8. The molecule has 2 aromatic carbocycles. The van der Waals surface area contributed by atoms with E-state index in [2.05, 4.69) is 43.2 Å². The first-order valence-corrected chi connectivity index (χ1v) is 11.9. The lowest BCUT2D eigenvalue weighted by molar-refractivity contribution is 0.0941. The Hall–Kier alpha value is -3.58. The standard InChI is InChI=1S/C27H31N5O2/c1-19(20-6-5-7-23(14-20)34-2)30-27(33)25-18-32(13-12-31-10-3-4-11-31)26-15-21(8-9-24(25)26)22-16-28-29-17-22/h5-9,14-19H,3-4,10-13H2,1-2H3,(H,28,29)(H,30,33)/t19-/m0/s1. The van der Waals surface area contributed by atoms with Crippen molar-refractivity contribution in [2.75, 3.05) is 26.7 Å². The molecule has 0 spiro atoms. The number of aromatic nitrogens is 3. The number of hydrogen-bond donors (Lipinski definition) is 2. The summed E-state index contributed by atoms with van der Waals surface area (Å²) in [4.78, 5) is 15.9. The average Bonchev–Trinajstić information content (AvgIpc) is 3.64. The smallest absolute Gasteiger partial charge is 0.253 e. The zero-order valence-corrected chi connectivity index (χ0v) is 19.8. The number of benzene rings is 2. The van der Waals surface area contributed by atoms with Crippen LogP contribution in [0.25, 0.3) is 22.0 Å². The van der Waals surface area contributed by atoms with Crippen LogP contribution in [0, 0.1) is 0 Å². The second-order valence-electron chi connectivity index (χ2n) is 8.98. The van der Waals surface area contributed by atoms with Gasteiger partial charge in [0.1, 0.15) is 5.75 Å². The van der Waals surface area contributed by atoms with E-state index in [4.69, 9.17) is 4.74 Å². The minimum atomic E-state index is -0.143. The lowest BCUT2D eigenvalue weighted by Gasteiger charge is -2.15. The van der Waals surface area contributed by atoms with Crippen LogP contribution in [0.1, 0.15) is 41.7 Å². The second kappa shape index (κ2) is 9.73. The largest absolute Gasteiger partial charge is 0.497 e. The minimum Gasteiger partial charge on any atom is -0.497 e. The molecule has 34 heavy (non-hydrogen) atoms. The zero-order chi connectivity index (χ0) is 23.5. The number of amides is 1. The summed E-state index contributed by atoms with van der Waals surface area (Å²) in [5.74, 6) is 0.709.